The molecular weight excluding hydrogens is 312 g/mol. The molecule has 1 saturated heterocycles. The minimum Gasteiger partial charge on any atom is -0.353 e. The van der Waals surface area contributed by atoms with Crippen molar-refractivity contribution < 1.29 is 13.2 Å². The van der Waals surface area contributed by atoms with Gasteiger partial charge in [-0.2, -0.15) is 0 Å². The van der Waals surface area contributed by atoms with Gasteiger partial charge in [-0.1, -0.05) is 19.3 Å². The lowest BCUT2D eigenvalue weighted by Crippen LogP contribution is -2.47. The highest BCUT2D eigenvalue weighted by atomic mass is 32.2. The number of hydrogen-bond donors (Lipinski definition) is 1. The summed E-state index contributed by atoms with van der Waals surface area (Å²) >= 11 is 0. The van der Waals surface area contributed by atoms with Crippen LogP contribution in [0, 0.1) is 5.92 Å². The SMILES string of the molecule is CC(C)S(=O)(=O)CCN1CCCC(C(=O)NC2CCCCC2)C1. The van der Waals surface area contributed by atoms with Crippen LogP contribution in [0.3, 0.4) is 0 Å². The van der Waals surface area contributed by atoms with Gasteiger partial charge in [-0.15, -0.1) is 0 Å². The zero-order chi connectivity index (χ0) is 16.9. The first kappa shape index (κ1) is 18.7. The molecule has 23 heavy (non-hydrogen) atoms. The summed E-state index contributed by atoms with van der Waals surface area (Å²) in [6.45, 7) is 5.61. The summed E-state index contributed by atoms with van der Waals surface area (Å²) in [5, 5.41) is 2.89. The minimum absolute atomic E-state index is 0.0208. The Morgan fingerprint density at radius 3 is 2.48 bits per heavy atom. The number of nitrogens with one attached hydrogen (secondary N) is 1. The number of hydrogen-bond acceptors (Lipinski definition) is 4. The van der Waals surface area contributed by atoms with Gasteiger partial charge in [0.05, 0.1) is 16.9 Å². The van der Waals surface area contributed by atoms with Crippen molar-refractivity contribution in [1.29, 1.82) is 0 Å². The summed E-state index contributed by atoms with van der Waals surface area (Å²) in [5.41, 5.74) is 0. The Kier molecular flexibility index (Phi) is 6.89. The molecule has 1 heterocycles. The molecule has 0 radical (unpaired) electrons. The van der Waals surface area contributed by atoms with Gasteiger partial charge in [0.2, 0.25) is 5.91 Å². The van der Waals surface area contributed by atoms with Crippen LogP contribution in [0.2, 0.25) is 0 Å². The van der Waals surface area contributed by atoms with Crippen LogP contribution in [0.1, 0.15) is 58.8 Å². The maximum atomic E-state index is 12.5. The average molecular weight is 345 g/mol. The van der Waals surface area contributed by atoms with Crippen LogP contribution in [-0.4, -0.2) is 55.9 Å². The number of piperidine rings is 1. The maximum absolute atomic E-state index is 12.5. The Labute approximate surface area is 141 Å². The fraction of sp³-hybridized carbons (Fsp3) is 0.941. The Hall–Kier alpha value is -0.620. The highest BCUT2D eigenvalue weighted by Gasteiger charge is 2.28. The molecule has 1 N–H and O–H groups in total. The maximum Gasteiger partial charge on any atom is 0.224 e. The molecule has 2 rings (SSSR count). The summed E-state index contributed by atoms with van der Waals surface area (Å²) in [7, 11) is -3.00. The van der Waals surface area contributed by atoms with E-state index in [1.807, 2.05) is 0 Å². The molecule has 2 aliphatic rings. The topological polar surface area (TPSA) is 66.5 Å². The molecule has 2 fully saturated rings. The van der Waals surface area contributed by atoms with Crippen molar-refractivity contribution in [2.75, 3.05) is 25.4 Å². The zero-order valence-electron chi connectivity index (χ0n) is 14.6. The Bertz CT molecular complexity index is 484. The minimum atomic E-state index is -3.00. The molecule has 1 atom stereocenters. The van der Waals surface area contributed by atoms with Crippen molar-refractivity contribution in [3.8, 4) is 0 Å². The highest BCUT2D eigenvalue weighted by molar-refractivity contribution is 7.92. The smallest absolute Gasteiger partial charge is 0.224 e. The average Bonchev–Trinajstić information content (AvgIpc) is 2.54. The summed E-state index contributed by atoms with van der Waals surface area (Å²) < 4.78 is 23.9. The molecule has 0 aromatic rings. The van der Waals surface area contributed by atoms with Gasteiger partial charge in [0, 0.05) is 19.1 Å². The quantitative estimate of drug-likeness (QED) is 0.800. The van der Waals surface area contributed by atoms with Gasteiger partial charge >= 0.3 is 0 Å². The van der Waals surface area contributed by atoms with Gasteiger partial charge < -0.3 is 10.2 Å². The standard InChI is InChI=1S/C17H32N2O3S/c1-14(2)23(21,22)12-11-19-10-6-7-15(13-19)17(20)18-16-8-4-3-5-9-16/h14-16H,3-13H2,1-2H3,(H,18,20). The predicted octanol–water partition coefficient (Wildman–Crippen LogP) is 1.97. The predicted molar refractivity (Wildman–Crippen MR) is 93.1 cm³/mol. The van der Waals surface area contributed by atoms with E-state index >= 15 is 0 Å². The summed E-state index contributed by atoms with van der Waals surface area (Å²) in [4.78, 5) is 14.6. The lowest BCUT2D eigenvalue weighted by molar-refractivity contribution is -0.127. The lowest BCUT2D eigenvalue weighted by Gasteiger charge is -2.33. The molecular formula is C17H32N2O3S. The largest absolute Gasteiger partial charge is 0.353 e. The molecule has 1 amide bonds. The van der Waals surface area contributed by atoms with Crippen LogP contribution in [0.5, 0.6) is 0 Å². The number of amides is 1. The van der Waals surface area contributed by atoms with Gasteiger partial charge in [-0.3, -0.25) is 4.79 Å². The van der Waals surface area contributed by atoms with E-state index < -0.39 is 9.84 Å². The van der Waals surface area contributed by atoms with Gasteiger partial charge in [0.25, 0.3) is 0 Å². The molecule has 0 bridgehead atoms. The van der Waals surface area contributed by atoms with Crippen LogP contribution in [0.4, 0.5) is 0 Å². The third-order valence-electron chi connectivity index (χ3n) is 5.24. The Morgan fingerprint density at radius 2 is 1.83 bits per heavy atom. The van der Waals surface area contributed by atoms with Crippen LogP contribution in [-0.2, 0) is 14.6 Å². The second kappa shape index (κ2) is 8.47. The fourth-order valence-electron chi connectivity index (χ4n) is 3.53. The number of rotatable bonds is 6. The van der Waals surface area contributed by atoms with Gasteiger partial charge in [-0.05, 0) is 46.1 Å². The molecule has 1 unspecified atom stereocenters. The first-order chi connectivity index (χ1) is 10.9. The first-order valence-corrected chi connectivity index (χ1v) is 10.8. The van der Waals surface area contributed by atoms with Gasteiger partial charge in [0.15, 0.2) is 9.84 Å². The second-order valence-electron chi connectivity index (χ2n) is 7.40. The fourth-order valence-corrected chi connectivity index (χ4v) is 4.51. The normalized spacial score (nSPS) is 24.7. The number of likely N-dealkylation sites (tertiary alicyclic amines) is 1. The molecule has 0 spiro atoms. The second-order valence-corrected chi connectivity index (χ2v) is 10.1. The molecule has 6 heteroatoms. The Balaban J connectivity index is 1.79. The third kappa shape index (κ3) is 5.75. The van der Waals surface area contributed by atoms with E-state index in [0.29, 0.717) is 19.1 Å². The van der Waals surface area contributed by atoms with Crippen molar-refractivity contribution in [2.45, 2.75) is 70.1 Å². The van der Waals surface area contributed by atoms with E-state index in [4.69, 9.17) is 0 Å². The highest BCUT2D eigenvalue weighted by Crippen LogP contribution is 2.20. The zero-order valence-corrected chi connectivity index (χ0v) is 15.4. The van der Waals surface area contributed by atoms with E-state index in [0.717, 1.165) is 32.2 Å². The van der Waals surface area contributed by atoms with E-state index in [1.54, 1.807) is 13.8 Å². The number of carbonyl (C=O) groups excluding carboxylic acids is 1. The summed E-state index contributed by atoms with van der Waals surface area (Å²) in [6.07, 6.45) is 7.83. The van der Waals surface area contributed by atoms with Gasteiger partial charge in [-0.25, -0.2) is 8.42 Å². The number of carbonyl (C=O) groups is 1. The monoisotopic (exact) mass is 344 g/mol. The molecule has 5 nitrogen and oxygen atoms in total. The first-order valence-electron chi connectivity index (χ1n) is 9.13. The van der Waals surface area contributed by atoms with Crippen molar-refractivity contribution in [3.05, 3.63) is 0 Å². The number of nitrogens with zero attached hydrogens (tertiary/aromatic N) is 1. The molecule has 1 aliphatic heterocycles. The summed E-state index contributed by atoms with van der Waals surface area (Å²) in [6, 6.07) is 0.355. The van der Waals surface area contributed by atoms with Crippen molar-refractivity contribution in [1.82, 2.24) is 10.2 Å². The van der Waals surface area contributed by atoms with Crippen LogP contribution < -0.4 is 5.32 Å². The molecule has 1 aliphatic carbocycles. The van der Waals surface area contributed by atoms with E-state index in [9.17, 15) is 13.2 Å². The van der Waals surface area contributed by atoms with Crippen molar-refractivity contribution in [3.63, 3.8) is 0 Å². The Morgan fingerprint density at radius 1 is 1.13 bits per heavy atom. The third-order valence-corrected chi connectivity index (χ3v) is 7.43. The molecule has 0 aromatic carbocycles. The van der Waals surface area contributed by atoms with E-state index in [-0.39, 0.29) is 22.8 Å². The summed E-state index contributed by atoms with van der Waals surface area (Å²) in [5.74, 6) is 0.391. The molecule has 134 valence electrons. The van der Waals surface area contributed by atoms with Crippen LogP contribution in [0.25, 0.3) is 0 Å². The van der Waals surface area contributed by atoms with E-state index in [1.165, 1.54) is 19.3 Å². The molecule has 0 aromatic heterocycles. The molecule has 1 saturated carbocycles. The number of sulfone groups is 1. The van der Waals surface area contributed by atoms with Gasteiger partial charge in [0.1, 0.15) is 0 Å². The van der Waals surface area contributed by atoms with Crippen LogP contribution >= 0.6 is 0 Å². The van der Waals surface area contributed by atoms with Crippen LogP contribution in [0.15, 0.2) is 0 Å². The lowest BCUT2D eigenvalue weighted by atomic mass is 9.93. The van der Waals surface area contributed by atoms with E-state index in [2.05, 4.69) is 10.2 Å². The van der Waals surface area contributed by atoms with Crippen molar-refractivity contribution in [2.24, 2.45) is 5.92 Å². The van der Waals surface area contributed by atoms with Crippen molar-refractivity contribution >= 4 is 15.7 Å².